The molecular weight excluding hydrogens is 498 g/mol. The van der Waals surface area contributed by atoms with Gasteiger partial charge in [0, 0.05) is 24.5 Å². The molecule has 0 N–H and O–H groups in total. The molecule has 1 saturated carbocycles. The fourth-order valence-corrected chi connectivity index (χ4v) is 11.0. The third-order valence-corrected chi connectivity index (χ3v) is 13.1. The topological polar surface area (TPSA) is 57.2 Å². The molecule has 6 nitrogen and oxygen atoms in total. The van der Waals surface area contributed by atoms with Gasteiger partial charge in [-0.15, -0.1) is 0 Å². The van der Waals surface area contributed by atoms with Gasteiger partial charge in [0.25, 0.3) is 8.32 Å². The van der Waals surface area contributed by atoms with Crippen LogP contribution in [0.25, 0.3) is 16.9 Å². The first-order valence-electron chi connectivity index (χ1n) is 13.0. The zero-order chi connectivity index (χ0) is 25.6. The van der Waals surface area contributed by atoms with Gasteiger partial charge in [-0.2, -0.15) is 4.98 Å². The average Bonchev–Trinajstić information content (AvgIpc) is 3.49. The standard InChI is InChI=1S/C29H32ClN5OSi/c1-29(2,3)37(23-10-6-4-7-11-23,24-12-8-5-9-13-24)36-22-16-14-21(15-17-22)35-26-25(20-32-27(30)33-26)34-19-18-31-28(34)35/h4-13,18-22H,14-17H2,1-3H3. The molecule has 0 radical (unpaired) electrons. The molecule has 0 unspecified atom stereocenters. The van der Waals surface area contributed by atoms with Crippen molar-refractivity contribution in [3.63, 3.8) is 0 Å². The lowest BCUT2D eigenvalue weighted by Gasteiger charge is -2.46. The molecule has 0 aliphatic heterocycles. The van der Waals surface area contributed by atoms with Crippen LogP contribution in [0.5, 0.6) is 0 Å². The summed E-state index contributed by atoms with van der Waals surface area (Å²) in [5, 5.41) is 2.90. The molecule has 5 aromatic rings. The van der Waals surface area contributed by atoms with E-state index in [1.165, 1.54) is 10.4 Å². The number of fused-ring (bicyclic) bond motifs is 3. The number of imidazole rings is 2. The van der Waals surface area contributed by atoms with Crippen LogP contribution < -0.4 is 10.4 Å². The van der Waals surface area contributed by atoms with E-state index in [1.54, 1.807) is 6.20 Å². The van der Waals surface area contributed by atoms with Crippen LogP contribution in [0.4, 0.5) is 0 Å². The first-order chi connectivity index (χ1) is 17.9. The van der Waals surface area contributed by atoms with Crippen molar-refractivity contribution < 1.29 is 4.43 Å². The van der Waals surface area contributed by atoms with E-state index >= 15 is 0 Å². The highest BCUT2D eigenvalue weighted by Gasteiger charge is 2.51. The molecule has 1 aliphatic carbocycles. The zero-order valence-corrected chi connectivity index (χ0v) is 23.3. The molecule has 1 aliphatic rings. The quantitative estimate of drug-likeness (QED) is 0.213. The van der Waals surface area contributed by atoms with E-state index in [-0.39, 0.29) is 22.5 Å². The van der Waals surface area contributed by atoms with Crippen molar-refractivity contribution in [2.75, 3.05) is 0 Å². The Bertz CT molecular complexity index is 1480. The van der Waals surface area contributed by atoms with Crippen molar-refractivity contribution in [3.8, 4) is 0 Å². The fraction of sp³-hybridized carbons (Fsp3) is 0.345. The van der Waals surface area contributed by atoms with E-state index in [0.717, 1.165) is 42.6 Å². The maximum absolute atomic E-state index is 7.42. The van der Waals surface area contributed by atoms with Crippen LogP contribution in [0, 0.1) is 0 Å². The second-order valence-corrected chi connectivity index (χ2v) is 15.6. The van der Waals surface area contributed by atoms with Crippen LogP contribution >= 0.6 is 11.6 Å². The number of nitrogens with zero attached hydrogens (tertiary/aromatic N) is 5. The number of rotatable bonds is 5. The van der Waals surface area contributed by atoms with Crippen LogP contribution in [0.15, 0.2) is 79.3 Å². The summed E-state index contributed by atoms with van der Waals surface area (Å²) in [4.78, 5) is 13.4. The molecule has 3 aromatic heterocycles. The molecule has 37 heavy (non-hydrogen) atoms. The Hall–Kier alpha value is -3.00. The maximum atomic E-state index is 7.42. The van der Waals surface area contributed by atoms with E-state index in [0.29, 0.717) is 0 Å². The van der Waals surface area contributed by atoms with Crippen LogP contribution in [0.2, 0.25) is 10.3 Å². The minimum atomic E-state index is -2.57. The molecule has 0 atom stereocenters. The first-order valence-corrected chi connectivity index (χ1v) is 15.3. The Labute approximate surface area is 223 Å². The zero-order valence-electron chi connectivity index (χ0n) is 21.5. The van der Waals surface area contributed by atoms with Crippen LogP contribution in [-0.2, 0) is 4.43 Å². The molecule has 1 fully saturated rings. The third-order valence-electron chi connectivity index (χ3n) is 7.81. The average molecular weight is 530 g/mol. The summed E-state index contributed by atoms with van der Waals surface area (Å²) in [6.45, 7) is 7.03. The van der Waals surface area contributed by atoms with E-state index < -0.39 is 8.32 Å². The molecule has 0 saturated heterocycles. The second kappa shape index (κ2) is 9.38. The fourth-order valence-electron chi connectivity index (χ4n) is 6.15. The lowest BCUT2D eigenvalue weighted by molar-refractivity contribution is 0.124. The third kappa shape index (κ3) is 4.09. The number of halogens is 1. The van der Waals surface area contributed by atoms with E-state index in [9.17, 15) is 0 Å². The summed E-state index contributed by atoms with van der Waals surface area (Å²) in [5.41, 5.74) is 1.78. The predicted octanol–water partition coefficient (Wildman–Crippen LogP) is 5.79. The van der Waals surface area contributed by atoms with Crippen molar-refractivity contribution in [2.45, 2.75) is 63.6 Å². The summed E-state index contributed by atoms with van der Waals surface area (Å²) in [5.74, 6) is 0.892. The second-order valence-electron chi connectivity index (χ2n) is 11.0. The number of benzene rings is 2. The first kappa shape index (κ1) is 24.3. The predicted molar refractivity (Wildman–Crippen MR) is 151 cm³/mol. The van der Waals surface area contributed by atoms with Crippen molar-refractivity contribution in [1.82, 2.24) is 23.9 Å². The smallest absolute Gasteiger partial charge is 0.261 e. The molecule has 8 heteroatoms. The molecule has 0 spiro atoms. The Kier molecular flexibility index (Phi) is 6.17. The minimum Gasteiger partial charge on any atom is -0.404 e. The summed E-state index contributed by atoms with van der Waals surface area (Å²) < 4.78 is 11.7. The van der Waals surface area contributed by atoms with Gasteiger partial charge in [-0.05, 0) is 52.7 Å². The van der Waals surface area contributed by atoms with Gasteiger partial charge in [-0.3, -0.25) is 8.97 Å². The van der Waals surface area contributed by atoms with Gasteiger partial charge in [0.2, 0.25) is 11.1 Å². The van der Waals surface area contributed by atoms with Gasteiger partial charge in [0.05, 0.1) is 6.20 Å². The van der Waals surface area contributed by atoms with E-state index in [4.69, 9.17) is 16.0 Å². The summed E-state index contributed by atoms with van der Waals surface area (Å²) in [7, 11) is -2.57. The molecule has 2 aromatic carbocycles. The molecule has 0 amide bonds. The Balaban J connectivity index is 1.33. The molecular formula is C29H32ClN5OSi. The van der Waals surface area contributed by atoms with Crippen molar-refractivity contribution >= 4 is 47.2 Å². The van der Waals surface area contributed by atoms with E-state index in [2.05, 4.69) is 105 Å². The Morgan fingerprint density at radius 2 is 1.51 bits per heavy atom. The van der Waals surface area contributed by atoms with Crippen LogP contribution in [0.1, 0.15) is 52.5 Å². The normalized spacial score (nSPS) is 19.0. The molecule has 6 rings (SSSR count). The summed E-state index contributed by atoms with van der Waals surface area (Å²) in [6, 6.07) is 22.1. The van der Waals surface area contributed by atoms with Gasteiger partial charge in [0.15, 0.2) is 5.65 Å². The molecule has 190 valence electrons. The number of hydrogen-bond donors (Lipinski definition) is 0. The number of aromatic nitrogens is 5. The lowest BCUT2D eigenvalue weighted by atomic mass is 9.93. The monoisotopic (exact) mass is 529 g/mol. The van der Waals surface area contributed by atoms with Crippen molar-refractivity contribution in [1.29, 1.82) is 0 Å². The summed E-state index contributed by atoms with van der Waals surface area (Å²) >= 11 is 6.20. The molecule has 3 heterocycles. The van der Waals surface area contributed by atoms with Gasteiger partial charge in [0.1, 0.15) is 5.52 Å². The summed E-state index contributed by atoms with van der Waals surface area (Å²) in [6.07, 6.45) is 9.74. The largest absolute Gasteiger partial charge is 0.404 e. The number of hydrogen-bond acceptors (Lipinski definition) is 4. The minimum absolute atomic E-state index is 0.0289. The van der Waals surface area contributed by atoms with Crippen molar-refractivity contribution in [3.05, 3.63) is 84.5 Å². The highest BCUT2D eigenvalue weighted by molar-refractivity contribution is 6.99. The van der Waals surface area contributed by atoms with Gasteiger partial charge < -0.3 is 4.43 Å². The molecule has 0 bridgehead atoms. The van der Waals surface area contributed by atoms with Crippen molar-refractivity contribution in [2.24, 2.45) is 0 Å². The Morgan fingerprint density at radius 1 is 0.892 bits per heavy atom. The van der Waals surface area contributed by atoms with Crippen LogP contribution in [-0.4, -0.2) is 38.3 Å². The van der Waals surface area contributed by atoms with Gasteiger partial charge >= 0.3 is 0 Å². The highest BCUT2D eigenvalue weighted by Crippen LogP contribution is 2.41. The SMILES string of the molecule is CC(C)(C)[Si](OC1CCC(n2c3nc(Cl)ncc3n3ccnc23)CC1)(c1ccccc1)c1ccccc1. The van der Waals surface area contributed by atoms with Crippen LogP contribution in [0.3, 0.4) is 0 Å². The van der Waals surface area contributed by atoms with Gasteiger partial charge in [-0.1, -0.05) is 81.4 Å². The highest BCUT2D eigenvalue weighted by atomic mass is 35.5. The maximum Gasteiger partial charge on any atom is 0.261 e. The van der Waals surface area contributed by atoms with Gasteiger partial charge in [-0.25, -0.2) is 9.97 Å². The van der Waals surface area contributed by atoms with E-state index in [1.807, 2.05) is 12.4 Å². The Morgan fingerprint density at radius 3 is 2.11 bits per heavy atom. The lowest BCUT2D eigenvalue weighted by Crippen LogP contribution is -2.67.